The molecule has 0 unspecified atom stereocenters. The van der Waals surface area contributed by atoms with Gasteiger partial charge in [-0.1, -0.05) is 97.1 Å². The predicted octanol–water partition coefficient (Wildman–Crippen LogP) is 17.7. The number of para-hydroxylation sites is 2. The van der Waals surface area contributed by atoms with E-state index >= 15 is 0 Å². The van der Waals surface area contributed by atoms with E-state index in [2.05, 4.69) is 9.97 Å². The monoisotopic (exact) mass is 986 g/mol. The van der Waals surface area contributed by atoms with Crippen molar-refractivity contribution in [2.24, 2.45) is 9.98 Å². The molecule has 0 atom stereocenters. The third kappa shape index (κ3) is 9.34. The van der Waals surface area contributed by atoms with Crippen molar-refractivity contribution in [2.45, 2.75) is 24.7 Å². The molecule has 2 heterocycles. The molecule has 0 saturated carbocycles. The number of hydrogen-bond donors (Lipinski definition) is 0. The lowest BCUT2D eigenvalue weighted by Crippen LogP contribution is -2.11. The summed E-state index contributed by atoms with van der Waals surface area (Å²) in [6.07, 6.45) is -17.7. The smallest absolute Gasteiger partial charge is 0.254 e. The summed E-state index contributed by atoms with van der Waals surface area (Å²) >= 11 is 0. The van der Waals surface area contributed by atoms with Gasteiger partial charge in [-0.3, -0.25) is 9.98 Å². The molecule has 0 spiro atoms. The molecule has 0 N–H and O–H groups in total. The number of rotatable bonds is 7. The maximum absolute atomic E-state index is 14.1. The summed E-state index contributed by atoms with van der Waals surface area (Å²) < 4.78 is 169. The molecule has 0 aliphatic rings. The number of alkyl halides is 12. The van der Waals surface area contributed by atoms with Crippen LogP contribution in [0.5, 0.6) is 0 Å². The van der Waals surface area contributed by atoms with Crippen LogP contribution in [0, 0.1) is 0 Å². The van der Waals surface area contributed by atoms with Gasteiger partial charge in [0, 0.05) is 21.9 Å². The highest BCUT2D eigenvalue weighted by Crippen LogP contribution is 2.47. The third-order valence-electron chi connectivity index (χ3n) is 12.0. The van der Waals surface area contributed by atoms with Crippen molar-refractivity contribution >= 4 is 67.2 Å². The Hall–Kier alpha value is -8.40. The van der Waals surface area contributed by atoms with Crippen molar-refractivity contribution in [3.63, 3.8) is 0 Å². The molecule has 4 nitrogen and oxygen atoms in total. The van der Waals surface area contributed by atoms with Crippen LogP contribution in [0.4, 0.5) is 64.1 Å². The van der Waals surface area contributed by atoms with E-state index in [4.69, 9.17) is 9.98 Å². The molecular formula is C56H30F12N4. The molecule has 0 bridgehead atoms. The minimum atomic E-state index is -5.09. The number of fused-ring (bicyclic) bond motifs is 4. The van der Waals surface area contributed by atoms with Gasteiger partial charge in [0.2, 0.25) is 0 Å². The van der Waals surface area contributed by atoms with Gasteiger partial charge in [-0.15, -0.1) is 0 Å². The molecule has 8 aromatic carbocycles. The Bertz CT molecular complexity index is 3520. The second kappa shape index (κ2) is 17.8. The molecule has 0 radical (unpaired) electrons. The van der Waals surface area contributed by atoms with Crippen LogP contribution in [-0.4, -0.2) is 22.4 Å². The highest BCUT2D eigenvalue weighted by atomic mass is 19.4. The SMILES string of the molecule is FC(F)(F)c1cc(-c2cc(C=Nc3ccc4ccccc4c3-c3c(N=Cc4cc(-c5cc(C(F)(F)F)cc(C(F)(F)F)c5)c5ccccc5n4)ccc4ccccc34)nc3ccccc23)cc(C(F)(F)F)c1. The summed E-state index contributed by atoms with van der Waals surface area (Å²) in [5, 5.41) is 3.55. The summed E-state index contributed by atoms with van der Waals surface area (Å²) in [4.78, 5) is 19.1. The van der Waals surface area contributed by atoms with Crippen LogP contribution in [0.15, 0.2) is 180 Å². The Morgan fingerprint density at radius 2 is 0.653 bits per heavy atom. The van der Waals surface area contributed by atoms with Crippen molar-refractivity contribution in [3.8, 4) is 33.4 Å². The standard InChI is InChI=1S/C56H30F12N4/c57-53(58,59)35-21-33(22-36(25-35)54(60,61)62)45-27-39(71-47-15-7-5-13-43(45)47)29-69-49-19-17-31-9-1-3-11-41(31)51(49)52-42-12-4-2-10-32(42)18-20-50(52)70-30-40-28-46(44-14-6-8-16-48(44)72-40)34-23-37(55(63,64)65)26-38(24-34)56(66,67)68/h1-30H. The Morgan fingerprint density at radius 1 is 0.333 bits per heavy atom. The van der Waals surface area contributed by atoms with Crippen LogP contribution in [0.1, 0.15) is 33.6 Å². The van der Waals surface area contributed by atoms with E-state index in [-0.39, 0.29) is 56.8 Å². The van der Waals surface area contributed by atoms with Gasteiger partial charge in [-0.2, -0.15) is 52.7 Å². The van der Waals surface area contributed by atoms with Gasteiger partial charge < -0.3 is 0 Å². The molecule has 0 saturated heterocycles. The van der Waals surface area contributed by atoms with Gasteiger partial charge in [0.15, 0.2) is 0 Å². The van der Waals surface area contributed by atoms with Gasteiger partial charge >= 0.3 is 24.7 Å². The third-order valence-corrected chi connectivity index (χ3v) is 12.0. The normalized spacial score (nSPS) is 12.9. The minimum absolute atomic E-state index is 0.0439. The summed E-state index contributed by atoms with van der Waals surface area (Å²) in [7, 11) is 0. The zero-order valence-corrected chi connectivity index (χ0v) is 36.6. The maximum Gasteiger partial charge on any atom is 0.416 e. The van der Waals surface area contributed by atoms with E-state index in [1.165, 1.54) is 24.6 Å². The van der Waals surface area contributed by atoms with Gasteiger partial charge in [-0.05, 0) is 117 Å². The Kier molecular flexibility index (Phi) is 11.7. The molecule has 16 heteroatoms. The van der Waals surface area contributed by atoms with Crippen molar-refractivity contribution in [1.82, 2.24) is 9.97 Å². The summed E-state index contributed by atoms with van der Waals surface area (Å²) in [5.74, 6) is 0. The number of nitrogens with zero attached hydrogens (tertiary/aromatic N) is 4. The van der Waals surface area contributed by atoms with Gasteiger partial charge in [-0.25, -0.2) is 9.97 Å². The molecule has 10 rings (SSSR count). The maximum atomic E-state index is 14.1. The predicted molar refractivity (Wildman–Crippen MR) is 256 cm³/mol. The number of hydrogen-bond acceptors (Lipinski definition) is 4. The van der Waals surface area contributed by atoms with E-state index in [1.54, 1.807) is 60.7 Å². The first-order chi connectivity index (χ1) is 34.2. The number of aliphatic imine (C=N–C) groups is 2. The summed E-state index contributed by atoms with van der Waals surface area (Å²) in [5.41, 5.74) is -3.97. The molecule has 0 aliphatic carbocycles. The lowest BCUT2D eigenvalue weighted by atomic mass is 9.91. The summed E-state index contributed by atoms with van der Waals surface area (Å²) in [6, 6.07) is 40.0. The zero-order chi connectivity index (χ0) is 50.7. The zero-order valence-electron chi connectivity index (χ0n) is 36.6. The van der Waals surface area contributed by atoms with E-state index in [0.29, 0.717) is 68.3 Å². The van der Waals surface area contributed by atoms with Gasteiger partial charge in [0.05, 0.1) is 68.5 Å². The Morgan fingerprint density at radius 3 is 1.00 bits per heavy atom. The average Bonchev–Trinajstić information content (AvgIpc) is 3.35. The lowest BCUT2D eigenvalue weighted by Gasteiger charge is -2.17. The van der Waals surface area contributed by atoms with Crippen molar-refractivity contribution in [3.05, 3.63) is 203 Å². The molecule has 0 amide bonds. The number of pyridine rings is 2. The molecular weight excluding hydrogens is 957 g/mol. The van der Waals surface area contributed by atoms with E-state index in [9.17, 15) is 52.7 Å². The fourth-order valence-electron chi connectivity index (χ4n) is 8.75. The Balaban J connectivity index is 1.14. The van der Waals surface area contributed by atoms with Crippen LogP contribution in [0.2, 0.25) is 0 Å². The van der Waals surface area contributed by atoms with Crippen molar-refractivity contribution in [2.75, 3.05) is 0 Å². The van der Waals surface area contributed by atoms with Crippen LogP contribution >= 0.6 is 0 Å². The molecule has 72 heavy (non-hydrogen) atoms. The average molecular weight is 987 g/mol. The Labute approximate surface area is 400 Å². The highest BCUT2D eigenvalue weighted by Gasteiger charge is 2.39. The number of benzene rings is 8. The topological polar surface area (TPSA) is 50.5 Å². The van der Waals surface area contributed by atoms with Crippen LogP contribution < -0.4 is 0 Å². The highest BCUT2D eigenvalue weighted by molar-refractivity contribution is 6.14. The fourth-order valence-corrected chi connectivity index (χ4v) is 8.75. The first-order valence-corrected chi connectivity index (χ1v) is 21.7. The number of halogens is 12. The number of aromatic nitrogens is 2. The van der Waals surface area contributed by atoms with E-state index in [1.807, 2.05) is 60.7 Å². The first kappa shape index (κ1) is 47.3. The first-order valence-electron chi connectivity index (χ1n) is 21.7. The summed E-state index contributed by atoms with van der Waals surface area (Å²) in [6.45, 7) is 0. The second-order valence-electron chi connectivity index (χ2n) is 16.7. The van der Waals surface area contributed by atoms with Crippen LogP contribution in [-0.2, 0) is 24.7 Å². The van der Waals surface area contributed by atoms with Crippen LogP contribution in [0.3, 0.4) is 0 Å². The molecule has 0 aliphatic heterocycles. The van der Waals surface area contributed by atoms with Crippen molar-refractivity contribution in [1.29, 1.82) is 0 Å². The lowest BCUT2D eigenvalue weighted by molar-refractivity contribution is -0.144. The van der Waals surface area contributed by atoms with Gasteiger partial charge in [0.1, 0.15) is 0 Å². The minimum Gasteiger partial charge on any atom is -0.254 e. The quantitative estimate of drug-likeness (QED) is 0.118. The fraction of sp³-hybridized carbons (Fsp3) is 0.0714. The molecule has 10 aromatic rings. The molecule has 2 aromatic heterocycles. The largest absolute Gasteiger partial charge is 0.416 e. The molecule has 358 valence electrons. The van der Waals surface area contributed by atoms with E-state index in [0.717, 1.165) is 10.8 Å². The van der Waals surface area contributed by atoms with Crippen LogP contribution in [0.25, 0.3) is 76.7 Å². The van der Waals surface area contributed by atoms with Crippen molar-refractivity contribution < 1.29 is 52.7 Å². The van der Waals surface area contributed by atoms with Gasteiger partial charge in [0.25, 0.3) is 0 Å². The molecule has 0 fully saturated rings. The van der Waals surface area contributed by atoms with E-state index < -0.39 is 47.0 Å². The second-order valence-corrected chi connectivity index (χ2v) is 16.7.